The van der Waals surface area contributed by atoms with Gasteiger partial charge in [-0.15, -0.1) is 0 Å². The molecule has 0 aliphatic carbocycles. The van der Waals surface area contributed by atoms with E-state index in [0.29, 0.717) is 0 Å². The second-order valence-electron chi connectivity index (χ2n) is 3.50. The van der Waals surface area contributed by atoms with E-state index in [2.05, 4.69) is 4.18 Å². The van der Waals surface area contributed by atoms with Crippen molar-refractivity contribution in [2.75, 3.05) is 31.3 Å². The second kappa shape index (κ2) is 8.05. The maximum atomic E-state index is 11.1. The van der Waals surface area contributed by atoms with Gasteiger partial charge in [-0.1, -0.05) is 0 Å². The molecule has 0 aliphatic heterocycles. The highest BCUT2D eigenvalue weighted by Gasteiger charge is 2.14. The minimum absolute atomic E-state index is 0.0504. The zero-order valence-corrected chi connectivity index (χ0v) is 12.4. The Hall–Kier alpha value is -0.220. The van der Waals surface area contributed by atoms with Crippen molar-refractivity contribution in [3.8, 4) is 0 Å². The Morgan fingerprint density at radius 2 is 1.50 bits per heavy atom. The van der Waals surface area contributed by atoms with Crippen LogP contribution in [0.2, 0.25) is 0 Å². The van der Waals surface area contributed by atoms with Crippen molar-refractivity contribution in [1.82, 2.24) is 0 Å². The predicted octanol–water partition coefficient (Wildman–Crippen LogP) is 0.124. The first-order valence-corrected chi connectivity index (χ1v) is 8.73. The summed E-state index contributed by atoms with van der Waals surface area (Å²) in [7, 11) is -6.96. The van der Waals surface area contributed by atoms with E-state index in [1.165, 1.54) is 13.8 Å². The van der Waals surface area contributed by atoms with Crippen LogP contribution < -0.4 is 0 Å². The molecule has 9 heteroatoms. The van der Waals surface area contributed by atoms with Crippen LogP contribution in [0.15, 0.2) is 0 Å². The van der Waals surface area contributed by atoms with Gasteiger partial charge in [0.25, 0.3) is 20.2 Å². The van der Waals surface area contributed by atoms with Crippen LogP contribution in [0.25, 0.3) is 0 Å². The zero-order chi connectivity index (χ0) is 14.2. The molecular formula is C9H20O7S2. The van der Waals surface area contributed by atoms with Gasteiger partial charge in [0.15, 0.2) is 0 Å². The van der Waals surface area contributed by atoms with Crippen LogP contribution in [0.3, 0.4) is 0 Å². The molecule has 7 nitrogen and oxygen atoms in total. The molecule has 0 bridgehead atoms. The van der Waals surface area contributed by atoms with Gasteiger partial charge in [-0.05, 0) is 20.8 Å². The third-order valence-electron chi connectivity index (χ3n) is 1.86. The van der Waals surface area contributed by atoms with Gasteiger partial charge >= 0.3 is 0 Å². The molecule has 0 saturated heterocycles. The Balaban J connectivity index is 3.74. The topological polar surface area (TPSA) is 96.0 Å². The van der Waals surface area contributed by atoms with Gasteiger partial charge in [0.1, 0.15) is 0 Å². The first kappa shape index (κ1) is 17.8. The first-order chi connectivity index (χ1) is 8.22. The minimum Gasteiger partial charge on any atom is -0.376 e. The van der Waals surface area contributed by atoms with Crippen LogP contribution in [0.5, 0.6) is 0 Å². The van der Waals surface area contributed by atoms with Gasteiger partial charge in [-0.3, -0.25) is 8.37 Å². The molecule has 0 aromatic heterocycles. The third kappa shape index (κ3) is 8.81. The average molecular weight is 304 g/mol. The Kier molecular flexibility index (Phi) is 7.95. The van der Waals surface area contributed by atoms with E-state index in [-0.39, 0.29) is 31.3 Å². The average Bonchev–Trinajstić information content (AvgIpc) is 2.28. The maximum Gasteiger partial charge on any atom is 0.267 e. The molecule has 0 rings (SSSR count). The van der Waals surface area contributed by atoms with Crippen LogP contribution in [-0.4, -0.2) is 54.3 Å². The predicted molar refractivity (Wildman–Crippen MR) is 66.2 cm³/mol. The van der Waals surface area contributed by atoms with Gasteiger partial charge in [-0.2, -0.15) is 16.8 Å². The summed E-state index contributed by atoms with van der Waals surface area (Å²) >= 11 is 0. The lowest BCUT2D eigenvalue weighted by atomic mass is 10.4. The number of hydrogen-bond donors (Lipinski definition) is 0. The molecule has 0 N–H and O–H groups in total. The highest BCUT2D eigenvalue weighted by Crippen LogP contribution is 2.01. The van der Waals surface area contributed by atoms with Crippen molar-refractivity contribution < 1.29 is 29.9 Å². The lowest BCUT2D eigenvalue weighted by molar-refractivity contribution is 0.0468. The van der Waals surface area contributed by atoms with E-state index in [0.717, 1.165) is 0 Å². The Labute approximate surface area is 109 Å². The van der Waals surface area contributed by atoms with Crippen molar-refractivity contribution in [2.24, 2.45) is 0 Å². The lowest BCUT2D eigenvalue weighted by Gasteiger charge is -2.12. The molecule has 0 aliphatic rings. The van der Waals surface area contributed by atoms with E-state index in [1.54, 1.807) is 6.92 Å². The minimum atomic E-state index is -3.50. The number of ether oxygens (including phenoxy) is 1. The molecule has 0 heterocycles. The first-order valence-electron chi connectivity index (χ1n) is 5.58. The molecule has 0 radical (unpaired) electrons. The standard InChI is InChI=1S/C9H20O7S2/c1-4-17(10,11)15-7-6-14-8-9(3)16-18(12,13)5-2/h9H,4-8H2,1-3H3. The summed E-state index contributed by atoms with van der Waals surface area (Å²) in [6, 6.07) is 0. The Morgan fingerprint density at radius 1 is 0.944 bits per heavy atom. The van der Waals surface area contributed by atoms with Gasteiger partial charge in [0.05, 0.1) is 37.4 Å². The molecule has 110 valence electrons. The fraction of sp³-hybridized carbons (Fsp3) is 1.00. The molecule has 18 heavy (non-hydrogen) atoms. The van der Waals surface area contributed by atoms with E-state index in [9.17, 15) is 16.8 Å². The van der Waals surface area contributed by atoms with Crippen LogP contribution in [0, 0.1) is 0 Å². The monoisotopic (exact) mass is 304 g/mol. The van der Waals surface area contributed by atoms with Crippen molar-refractivity contribution >= 4 is 20.2 Å². The molecule has 0 saturated carbocycles. The summed E-state index contributed by atoms with van der Waals surface area (Å²) in [6.07, 6.45) is -0.613. The zero-order valence-electron chi connectivity index (χ0n) is 10.8. The highest BCUT2D eigenvalue weighted by atomic mass is 32.2. The van der Waals surface area contributed by atoms with Gasteiger partial charge in [0.2, 0.25) is 0 Å². The lowest BCUT2D eigenvalue weighted by Crippen LogP contribution is -2.23. The van der Waals surface area contributed by atoms with Crippen molar-refractivity contribution in [3.05, 3.63) is 0 Å². The molecule has 0 fully saturated rings. The van der Waals surface area contributed by atoms with E-state index in [1.807, 2.05) is 0 Å². The third-order valence-corrected chi connectivity index (χ3v) is 4.42. The quantitative estimate of drug-likeness (QED) is 0.418. The van der Waals surface area contributed by atoms with E-state index < -0.39 is 26.3 Å². The van der Waals surface area contributed by atoms with Crippen molar-refractivity contribution in [3.63, 3.8) is 0 Å². The smallest absolute Gasteiger partial charge is 0.267 e. The van der Waals surface area contributed by atoms with Crippen LogP contribution in [0.4, 0.5) is 0 Å². The van der Waals surface area contributed by atoms with Gasteiger partial charge in [0, 0.05) is 0 Å². The number of rotatable bonds is 10. The molecule has 0 aromatic rings. The van der Waals surface area contributed by atoms with Crippen molar-refractivity contribution in [2.45, 2.75) is 26.9 Å². The highest BCUT2D eigenvalue weighted by molar-refractivity contribution is 7.86. The Bertz CT molecular complexity index is 412. The summed E-state index contributed by atoms with van der Waals surface area (Å²) in [4.78, 5) is 0. The normalized spacial score (nSPS) is 14.6. The fourth-order valence-corrected chi connectivity index (χ4v) is 2.08. The summed E-state index contributed by atoms with van der Waals surface area (Å²) < 4.78 is 58.4. The maximum absolute atomic E-state index is 11.1. The fourth-order valence-electron chi connectivity index (χ4n) is 0.899. The summed E-state index contributed by atoms with van der Waals surface area (Å²) in [5.74, 6) is -0.198. The van der Waals surface area contributed by atoms with Crippen LogP contribution in [-0.2, 0) is 33.3 Å². The summed E-state index contributed by atoms with van der Waals surface area (Å²) in [6.45, 7) is 4.52. The molecule has 1 unspecified atom stereocenters. The molecule has 1 atom stereocenters. The second-order valence-corrected chi connectivity index (χ2v) is 7.31. The van der Waals surface area contributed by atoms with Crippen molar-refractivity contribution in [1.29, 1.82) is 0 Å². The summed E-state index contributed by atoms with van der Waals surface area (Å²) in [5.41, 5.74) is 0. The molecule has 0 amide bonds. The summed E-state index contributed by atoms with van der Waals surface area (Å²) in [5, 5.41) is 0. The molecule has 0 aromatic carbocycles. The largest absolute Gasteiger partial charge is 0.376 e. The number of hydrogen-bond acceptors (Lipinski definition) is 7. The van der Waals surface area contributed by atoms with Gasteiger partial charge in [-0.25, -0.2) is 0 Å². The van der Waals surface area contributed by atoms with E-state index >= 15 is 0 Å². The van der Waals surface area contributed by atoms with Gasteiger partial charge < -0.3 is 4.74 Å². The van der Waals surface area contributed by atoms with E-state index in [4.69, 9.17) is 8.92 Å². The van der Waals surface area contributed by atoms with Crippen LogP contribution >= 0.6 is 0 Å². The van der Waals surface area contributed by atoms with Crippen LogP contribution in [0.1, 0.15) is 20.8 Å². The molecular weight excluding hydrogens is 284 g/mol. The SMILES string of the molecule is CCS(=O)(=O)OCCOCC(C)OS(=O)(=O)CC. The molecule has 0 spiro atoms. The Morgan fingerprint density at radius 3 is 2.00 bits per heavy atom.